The van der Waals surface area contributed by atoms with Crippen LogP contribution in [0.3, 0.4) is 0 Å². The zero-order chi connectivity index (χ0) is 20.4. The summed E-state index contributed by atoms with van der Waals surface area (Å²) >= 11 is 0. The summed E-state index contributed by atoms with van der Waals surface area (Å²) < 4.78 is 9.58. The predicted octanol–water partition coefficient (Wildman–Crippen LogP) is 5.39. The SMILES string of the molecule is C=C(C)n1c(=O)n(CCCCOc2c(C)cccc2C)c2cc(C)c(C)cc21. The Kier molecular flexibility index (Phi) is 5.78. The summed E-state index contributed by atoms with van der Waals surface area (Å²) in [5.41, 5.74) is 7.34. The van der Waals surface area contributed by atoms with Crippen molar-refractivity contribution >= 4 is 16.7 Å². The highest BCUT2D eigenvalue weighted by atomic mass is 16.5. The molecule has 3 rings (SSSR count). The first kappa shape index (κ1) is 20.0. The van der Waals surface area contributed by atoms with Crippen LogP contribution in [-0.2, 0) is 6.54 Å². The van der Waals surface area contributed by atoms with E-state index >= 15 is 0 Å². The van der Waals surface area contributed by atoms with E-state index in [1.165, 1.54) is 11.1 Å². The Labute approximate surface area is 167 Å². The number of nitrogens with zero attached hydrogens (tertiary/aromatic N) is 2. The van der Waals surface area contributed by atoms with Crippen molar-refractivity contribution in [2.75, 3.05) is 6.61 Å². The molecule has 0 atom stereocenters. The maximum absolute atomic E-state index is 13.0. The van der Waals surface area contributed by atoms with Crippen molar-refractivity contribution < 1.29 is 4.74 Å². The molecule has 0 aliphatic rings. The van der Waals surface area contributed by atoms with Gasteiger partial charge in [-0.05, 0) is 81.8 Å². The van der Waals surface area contributed by atoms with Crippen LogP contribution in [0.1, 0.15) is 42.0 Å². The van der Waals surface area contributed by atoms with Gasteiger partial charge in [0.1, 0.15) is 5.75 Å². The molecule has 0 radical (unpaired) electrons. The average Bonchev–Trinajstić information content (AvgIpc) is 2.88. The predicted molar refractivity (Wildman–Crippen MR) is 117 cm³/mol. The van der Waals surface area contributed by atoms with E-state index in [-0.39, 0.29) is 5.69 Å². The Bertz CT molecular complexity index is 1070. The fraction of sp³-hybridized carbons (Fsp3) is 0.375. The molecule has 2 aromatic carbocycles. The van der Waals surface area contributed by atoms with Gasteiger partial charge >= 0.3 is 5.69 Å². The van der Waals surface area contributed by atoms with Crippen LogP contribution in [0.15, 0.2) is 41.7 Å². The summed E-state index contributed by atoms with van der Waals surface area (Å²) in [7, 11) is 0. The lowest BCUT2D eigenvalue weighted by Gasteiger charge is -2.12. The second-order valence-corrected chi connectivity index (χ2v) is 7.71. The molecule has 1 heterocycles. The highest BCUT2D eigenvalue weighted by Crippen LogP contribution is 2.23. The van der Waals surface area contributed by atoms with Gasteiger partial charge < -0.3 is 4.74 Å². The summed E-state index contributed by atoms with van der Waals surface area (Å²) in [5.74, 6) is 0.977. The molecule has 0 bridgehead atoms. The van der Waals surface area contributed by atoms with Gasteiger partial charge in [0.15, 0.2) is 0 Å². The van der Waals surface area contributed by atoms with E-state index in [4.69, 9.17) is 4.74 Å². The number of hydrogen-bond donors (Lipinski definition) is 0. The summed E-state index contributed by atoms with van der Waals surface area (Å²) in [6.07, 6.45) is 1.78. The summed E-state index contributed by atoms with van der Waals surface area (Å²) in [6.45, 7) is 15.5. The molecule has 0 unspecified atom stereocenters. The minimum Gasteiger partial charge on any atom is -0.493 e. The second-order valence-electron chi connectivity index (χ2n) is 7.71. The molecular weight excluding hydrogens is 348 g/mol. The highest BCUT2D eigenvalue weighted by molar-refractivity contribution is 5.81. The third-order valence-corrected chi connectivity index (χ3v) is 5.36. The van der Waals surface area contributed by atoms with E-state index < -0.39 is 0 Å². The monoisotopic (exact) mass is 378 g/mol. The number of ether oxygens (including phenoxy) is 1. The first-order chi connectivity index (χ1) is 13.3. The smallest absolute Gasteiger partial charge is 0.333 e. The minimum atomic E-state index is -0.0110. The van der Waals surface area contributed by atoms with Gasteiger partial charge in [-0.25, -0.2) is 4.79 Å². The van der Waals surface area contributed by atoms with Crippen molar-refractivity contribution in [3.63, 3.8) is 0 Å². The molecule has 0 aliphatic carbocycles. The van der Waals surface area contributed by atoms with Crippen LogP contribution in [0.4, 0.5) is 0 Å². The number of aryl methyl sites for hydroxylation is 5. The molecule has 28 heavy (non-hydrogen) atoms. The van der Waals surface area contributed by atoms with E-state index in [1.54, 1.807) is 4.57 Å². The lowest BCUT2D eigenvalue weighted by molar-refractivity contribution is 0.299. The molecule has 0 saturated heterocycles. The number of para-hydroxylation sites is 1. The van der Waals surface area contributed by atoms with Crippen LogP contribution in [0.5, 0.6) is 5.75 Å². The molecule has 0 saturated carbocycles. The molecule has 0 spiro atoms. The minimum absolute atomic E-state index is 0.0110. The van der Waals surface area contributed by atoms with Crippen molar-refractivity contribution in [1.82, 2.24) is 9.13 Å². The number of aromatic nitrogens is 2. The molecule has 0 aliphatic heterocycles. The van der Waals surface area contributed by atoms with Gasteiger partial charge in [0, 0.05) is 12.2 Å². The summed E-state index contributed by atoms with van der Waals surface area (Å²) in [4.78, 5) is 13.0. The number of benzene rings is 2. The molecule has 0 N–H and O–H groups in total. The van der Waals surface area contributed by atoms with Gasteiger partial charge in [-0.3, -0.25) is 9.13 Å². The quantitative estimate of drug-likeness (QED) is 0.517. The van der Waals surface area contributed by atoms with E-state index in [2.05, 4.69) is 58.5 Å². The van der Waals surface area contributed by atoms with Crippen LogP contribution < -0.4 is 10.4 Å². The van der Waals surface area contributed by atoms with E-state index in [0.29, 0.717) is 13.2 Å². The van der Waals surface area contributed by atoms with Crippen molar-refractivity contribution in [3.8, 4) is 5.75 Å². The molecule has 148 valence electrons. The number of imidazole rings is 1. The number of rotatable bonds is 7. The third kappa shape index (κ3) is 3.77. The number of hydrogen-bond acceptors (Lipinski definition) is 2. The lowest BCUT2D eigenvalue weighted by atomic mass is 10.1. The standard InChI is InChI=1S/C24H30N2O2/c1-16(2)26-22-15-20(6)19(5)14-21(22)25(24(26)27)12-7-8-13-28-23-17(3)10-9-11-18(23)4/h9-11,14-15H,1,7-8,12-13H2,2-6H3. The van der Waals surface area contributed by atoms with Crippen molar-refractivity contribution in [3.05, 3.63) is 69.6 Å². The number of allylic oxidation sites excluding steroid dienone is 1. The molecule has 4 heteroatoms. The van der Waals surface area contributed by atoms with Gasteiger partial charge in [-0.1, -0.05) is 24.8 Å². The fourth-order valence-corrected chi connectivity index (χ4v) is 3.67. The first-order valence-corrected chi connectivity index (χ1v) is 9.88. The summed E-state index contributed by atoms with van der Waals surface area (Å²) in [5, 5.41) is 0. The maximum atomic E-state index is 13.0. The Hall–Kier alpha value is -2.75. The van der Waals surface area contributed by atoms with Gasteiger partial charge in [0.2, 0.25) is 0 Å². The largest absolute Gasteiger partial charge is 0.493 e. The molecule has 0 fully saturated rings. The normalized spacial score (nSPS) is 11.2. The van der Waals surface area contributed by atoms with Gasteiger partial charge in [0.05, 0.1) is 17.6 Å². The second kappa shape index (κ2) is 8.09. The van der Waals surface area contributed by atoms with Crippen LogP contribution in [0.2, 0.25) is 0 Å². The summed E-state index contributed by atoms with van der Waals surface area (Å²) in [6, 6.07) is 10.4. The maximum Gasteiger partial charge on any atom is 0.333 e. The van der Waals surface area contributed by atoms with E-state index in [9.17, 15) is 4.79 Å². The van der Waals surface area contributed by atoms with Crippen molar-refractivity contribution in [2.45, 2.75) is 54.0 Å². The molecule has 1 aromatic heterocycles. The Morgan fingerprint density at radius 3 is 2.18 bits per heavy atom. The Balaban J connectivity index is 1.74. The number of unbranched alkanes of at least 4 members (excludes halogenated alkanes) is 1. The number of fused-ring (bicyclic) bond motifs is 1. The third-order valence-electron chi connectivity index (χ3n) is 5.36. The fourth-order valence-electron chi connectivity index (χ4n) is 3.67. The lowest BCUT2D eigenvalue weighted by Crippen LogP contribution is -2.23. The van der Waals surface area contributed by atoms with Crippen molar-refractivity contribution in [2.24, 2.45) is 0 Å². The van der Waals surface area contributed by atoms with E-state index in [0.717, 1.165) is 46.4 Å². The van der Waals surface area contributed by atoms with Crippen LogP contribution in [-0.4, -0.2) is 15.7 Å². The molecule has 3 aromatic rings. The highest BCUT2D eigenvalue weighted by Gasteiger charge is 2.14. The zero-order valence-corrected chi connectivity index (χ0v) is 17.6. The van der Waals surface area contributed by atoms with E-state index in [1.807, 2.05) is 17.6 Å². The van der Waals surface area contributed by atoms with Crippen molar-refractivity contribution in [1.29, 1.82) is 0 Å². The van der Waals surface area contributed by atoms with Gasteiger partial charge in [-0.15, -0.1) is 0 Å². The average molecular weight is 379 g/mol. The molecular formula is C24H30N2O2. The Morgan fingerprint density at radius 2 is 1.57 bits per heavy atom. The van der Waals surface area contributed by atoms with Crippen LogP contribution >= 0.6 is 0 Å². The van der Waals surface area contributed by atoms with Gasteiger partial charge in [-0.2, -0.15) is 0 Å². The first-order valence-electron chi connectivity index (χ1n) is 9.88. The van der Waals surface area contributed by atoms with Crippen LogP contribution in [0, 0.1) is 27.7 Å². The Morgan fingerprint density at radius 1 is 0.964 bits per heavy atom. The topological polar surface area (TPSA) is 36.2 Å². The zero-order valence-electron chi connectivity index (χ0n) is 17.6. The van der Waals surface area contributed by atoms with Gasteiger partial charge in [0.25, 0.3) is 0 Å². The molecule has 0 amide bonds. The van der Waals surface area contributed by atoms with Crippen LogP contribution in [0.25, 0.3) is 16.7 Å². The molecule has 4 nitrogen and oxygen atoms in total.